The van der Waals surface area contributed by atoms with Crippen LogP contribution in [0.3, 0.4) is 0 Å². The first-order valence-corrected chi connectivity index (χ1v) is 5.02. The van der Waals surface area contributed by atoms with Gasteiger partial charge < -0.3 is 9.64 Å². The molecule has 0 radical (unpaired) electrons. The summed E-state index contributed by atoms with van der Waals surface area (Å²) in [7, 11) is 2.12. The van der Waals surface area contributed by atoms with Crippen molar-refractivity contribution in [2.24, 2.45) is 5.92 Å². The van der Waals surface area contributed by atoms with Crippen molar-refractivity contribution in [3.8, 4) is 5.75 Å². The number of hydrogen-bond donors (Lipinski definition) is 0. The molecule has 0 aromatic carbocycles. The van der Waals surface area contributed by atoms with Gasteiger partial charge in [0, 0.05) is 7.05 Å². The molecule has 2 aliphatic rings. The summed E-state index contributed by atoms with van der Waals surface area (Å²) in [6, 6.07) is 0.534. The van der Waals surface area contributed by atoms with E-state index in [2.05, 4.69) is 22.1 Å². The summed E-state index contributed by atoms with van der Waals surface area (Å²) >= 11 is 0. The van der Waals surface area contributed by atoms with Crippen molar-refractivity contribution in [2.45, 2.75) is 18.9 Å². The predicted molar refractivity (Wildman–Crippen MR) is 52.4 cm³/mol. The van der Waals surface area contributed by atoms with Crippen LogP contribution in [-0.2, 0) is 0 Å². The number of nitrogens with zero attached hydrogens (tertiary/aromatic N) is 3. The van der Waals surface area contributed by atoms with Gasteiger partial charge in [-0.25, -0.2) is 0 Å². The van der Waals surface area contributed by atoms with E-state index in [1.54, 1.807) is 12.4 Å². The summed E-state index contributed by atoms with van der Waals surface area (Å²) in [5.74, 6) is 1.68. The number of rotatable bonds is 1. The van der Waals surface area contributed by atoms with Crippen LogP contribution >= 0.6 is 0 Å². The molecule has 0 saturated heterocycles. The van der Waals surface area contributed by atoms with Crippen LogP contribution in [0, 0.1) is 5.92 Å². The molecule has 1 aliphatic heterocycles. The molecule has 1 aromatic heterocycles. The number of aromatic nitrogens is 2. The van der Waals surface area contributed by atoms with Gasteiger partial charge in [0.15, 0.2) is 5.75 Å². The molecule has 1 aromatic rings. The molecule has 3 rings (SSSR count). The van der Waals surface area contributed by atoms with Crippen molar-refractivity contribution in [1.29, 1.82) is 0 Å². The maximum atomic E-state index is 5.66. The van der Waals surface area contributed by atoms with Crippen LogP contribution < -0.4 is 9.64 Å². The molecule has 4 nitrogen and oxygen atoms in total. The van der Waals surface area contributed by atoms with Gasteiger partial charge >= 0.3 is 0 Å². The van der Waals surface area contributed by atoms with Crippen LogP contribution in [0.25, 0.3) is 0 Å². The quantitative estimate of drug-likeness (QED) is 0.666. The van der Waals surface area contributed by atoms with Crippen LogP contribution in [0.4, 0.5) is 5.69 Å². The van der Waals surface area contributed by atoms with Gasteiger partial charge in [-0.15, -0.1) is 0 Å². The highest BCUT2D eigenvalue weighted by Gasteiger charge is 2.37. The lowest BCUT2D eigenvalue weighted by Crippen LogP contribution is -2.42. The Morgan fingerprint density at radius 3 is 2.93 bits per heavy atom. The number of fused-ring (bicyclic) bond motifs is 1. The molecular formula is C10H13N3O. The highest BCUT2D eigenvalue weighted by molar-refractivity contribution is 5.57. The molecule has 1 saturated carbocycles. The molecule has 0 bridgehead atoms. The van der Waals surface area contributed by atoms with Crippen LogP contribution in [0.1, 0.15) is 12.8 Å². The molecule has 1 atom stereocenters. The Morgan fingerprint density at radius 1 is 1.36 bits per heavy atom. The van der Waals surface area contributed by atoms with E-state index in [9.17, 15) is 0 Å². The third-order valence-electron chi connectivity index (χ3n) is 3.13. The fourth-order valence-electron chi connectivity index (χ4n) is 2.08. The number of anilines is 1. The smallest absolute Gasteiger partial charge is 0.164 e. The van der Waals surface area contributed by atoms with Crippen molar-refractivity contribution in [2.75, 3.05) is 18.6 Å². The van der Waals surface area contributed by atoms with E-state index in [1.807, 2.05) is 0 Å². The summed E-state index contributed by atoms with van der Waals surface area (Å²) in [5.41, 5.74) is 1.07. The van der Waals surface area contributed by atoms with Crippen LogP contribution in [0.5, 0.6) is 5.75 Å². The minimum absolute atomic E-state index is 0.534. The molecule has 1 aliphatic carbocycles. The second-order valence-corrected chi connectivity index (χ2v) is 4.07. The van der Waals surface area contributed by atoms with Gasteiger partial charge in [0.2, 0.25) is 0 Å². The molecule has 4 heteroatoms. The van der Waals surface area contributed by atoms with E-state index < -0.39 is 0 Å². The van der Waals surface area contributed by atoms with Crippen LogP contribution in [-0.4, -0.2) is 29.9 Å². The van der Waals surface area contributed by atoms with Gasteiger partial charge in [-0.3, -0.25) is 0 Å². The monoisotopic (exact) mass is 191 g/mol. The lowest BCUT2D eigenvalue weighted by Gasteiger charge is -2.35. The van der Waals surface area contributed by atoms with E-state index in [-0.39, 0.29) is 0 Å². The Labute approximate surface area is 82.9 Å². The molecule has 1 fully saturated rings. The van der Waals surface area contributed by atoms with E-state index in [0.29, 0.717) is 6.04 Å². The number of hydrogen-bond acceptors (Lipinski definition) is 4. The highest BCUT2D eigenvalue weighted by Crippen LogP contribution is 2.41. The lowest BCUT2D eigenvalue weighted by atomic mass is 10.1. The molecule has 0 spiro atoms. The maximum absolute atomic E-state index is 5.66. The minimum atomic E-state index is 0.534. The highest BCUT2D eigenvalue weighted by atomic mass is 16.5. The topological polar surface area (TPSA) is 38.2 Å². The maximum Gasteiger partial charge on any atom is 0.164 e. The van der Waals surface area contributed by atoms with Gasteiger partial charge in [-0.05, 0) is 18.8 Å². The van der Waals surface area contributed by atoms with E-state index in [1.165, 1.54) is 12.8 Å². The molecule has 14 heavy (non-hydrogen) atoms. The first-order valence-electron chi connectivity index (χ1n) is 5.02. The molecule has 2 heterocycles. The average molecular weight is 191 g/mol. The van der Waals surface area contributed by atoms with Gasteiger partial charge in [0.25, 0.3) is 0 Å². The number of ether oxygens (including phenoxy) is 1. The van der Waals surface area contributed by atoms with Gasteiger partial charge in [0.05, 0.1) is 18.4 Å². The standard InChI is InChI=1S/C10H13N3O/c1-13-8-4-11-12-5-10(8)14-6-9(13)7-2-3-7/h4-5,7,9H,2-3,6H2,1H3. The first kappa shape index (κ1) is 8.03. The molecule has 0 amide bonds. The van der Waals surface area contributed by atoms with E-state index >= 15 is 0 Å². The summed E-state index contributed by atoms with van der Waals surface area (Å²) in [6.45, 7) is 0.792. The van der Waals surface area contributed by atoms with Crippen LogP contribution in [0.2, 0.25) is 0 Å². The van der Waals surface area contributed by atoms with Crippen molar-refractivity contribution >= 4 is 5.69 Å². The van der Waals surface area contributed by atoms with Crippen molar-refractivity contribution in [1.82, 2.24) is 10.2 Å². The third-order valence-corrected chi connectivity index (χ3v) is 3.13. The van der Waals surface area contributed by atoms with E-state index in [4.69, 9.17) is 4.74 Å². The Kier molecular flexibility index (Phi) is 1.63. The fourth-order valence-corrected chi connectivity index (χ4v) is 2.08. The van der Waals surface area contributed by atoms with Crippen molar-refractivity contribution in [3.05, 3.63) is 12.4 Å². The van der Waals surface area contributed by atoms with Crippen molar-refractivity contribution < 1.29 is 4.74 Å². The zero-order valence-electron chi connectivity index (χ0n) is 8.18. The second-order valence-electron chi connectivity index (χ2n) is 4.07. The van der Waals surface area contributed by atoms with Crippen LogP contribution in [0.15, 0.2) is 12.4 Å². The second kappa shape index (κ2) is 2.83. The van der Waals surface area contributed by atoms with Gasteiger partial charge in [-0.1, -0.05) is 0 Å². The summed E-state index contributed by atoms with van der Waals surface area (Å²) in [6.07, 6.45) is 6.15. The fraction of sp³-hybridized carbons (Fsp3) is 0.600. The van der Waals surface area contributed by atoms with Crippen molar-refractivity contribution in [3.63, 3.8) is 0 Å². The average Bonchev–Trinajstić information content (AvgIpc) is 3.03. The Morgan fingerprint density at radius 2 is 2.14 bits per heavy atom. The van der Waals surface area contributed by atoms with Gasteiger partial charge in [-0.2, -0.15) is 10.2 Å². The van der Waals surface area contributed by atoms with E-state index in [0.717, 1.165) is 24.0 Å². The SMILES string of the molecule is CN1c2cnncc2OCC1C1CC1. The minimum Gasteiger partial charge on any atom is -0.487 e. The lowest BCUT2D eigenvalue weighted by molar-refractivity contribution is 0.252. The normalized spacial score (nSPS) is 25.5. The summed E-state index contributed by atoms with van der Waals surface area (Å²) in [4.78, 5) is 2.28. The molecule has 0 N–H and O–H groups in total. The number of likely N-dealkylation sites (N-methyl/N-ethyl adjacent to an activating group) is 1. The zero-order chi connectivity index (χ0) is 9.54. The molecular weight excluding hydrogens is 178 g/mol. The zero-order valence-corrected chi connectivity index (χ0v) is 8.18. The largest absolute Gasteiger partial charge is 0.487 e. The molecule has 74 valence electrons. The Balaban J connectivity index is 1.94. The molecule has 1 unspecified atom stereocenters. The first-order chi connectivity index (χ1) is 6.86. The summed E-state index contributed by atoms with van der Waals surface area (Å²) in [5, 5.41) is 7.71. The summed E-state index contributed by atoms with van der Waals surface area (Å²) < 4.78 is 5.66. The Bertz CT molecular complexity index is 351. The van der Waals surface area contributed by atoms with Gasteiger partial charge in [0.1, 0.15) is 12.3 Å². The third kappa shape index (κ3) is 1.14. The predicted octanol–water partition coefficient (Wildman–Crippen LogP) is 1.08. The Hall–Kier alpha value is -1.32.